The number of aromatic amines is 1. The van der Waals surface area contributed by atoms with E-state index in [2.05, 4.69) is 15.2 Å². The lowest BCUT2D eigenvalue weighted by atomic mass is 10.2. The van der Waals surface area contributed by atoms with Crippen molar-refractivity contribution in [3.63, 3.8) is 0 Å². The normalized spacial score (nSPS) is 11.8. The van der Waals surface area contributed by atoms with Gasteiger partial charge in [-0.05, 0) is 26.0 Å². The van der Waals surface area contributed by atoms with Crippen LogP contribution in [-0.4, -0.2) is 23.6 Å². The SMILES string of the molecule is Cc1[nH]c(C)c(S(=O)(=O)Cl)c1-c1nnc(-c2ccccc2)o1. The van der Waals surface area contributed by atoms with Crippen molar-refractivity contribution in [1.82, 2.24) is 15.2 Å². The lowest BCUT2D eigenvalue weighted by Crippen LogP contribution is -1.94. The Labute approximate surface area is 131 Å². The molecule has 0 atom stereocenters. The molecule has 0 aliphatic rings. The first kappa shape index (κ1) is 14.8. The zero-order chi connectivity index (χ0) is 15.9. The zero-order valence-electron chi connectivity index (χ0n) is 11.8. The minimum Gasteiger partial charge on any atom is -0.416 e. The Kier molecular flexibility index (Phi) is 3.54. The van der Waals surface area contributed by atoms with E-state index in [-0.39, 0.29) is 10.8 Å². The average Bonchev–Trinajstić information content (AvgIpc) is 3.03. The number of halogens is 1. The van der Waals surface area contributed by atoms with E-state index in [1.807, 2.05) is 30.3 Å². The van der Waals surface area contributed by atoms with Crippen LogP contribution in [-0.2, 0) is 9.05 Å². The summed E-state index contributed by atoms with van der Waals surface area (Å²) >= 11 is 0. The van der Waals surface area contributed by atoms with Gasteiger partial charge in [0.05, 0.1) is 5.56 Å². The maximum atomic E-state index is 11.8. The van der Waals surface area contributed by atoms with E-state index >= 15 is 0 Å². The summed E-state index contributed by atoms with van der Waals surface area (Å²) in [6.45, 7) is 3.35. The van der Waals surface area contributed by atoms with Gasteiger partial charge < -0.3 is 9.40 Å². The molecule has 2 heterocycles. The third-order valence-electron chi connectivity index (χ3n) is 3.22. The second-order valence-electron chi connectivity index (χ2n) is 4.80. The van der Waals surface area contributed by atoms with Crippen LogP contribution in [0.4, 0.5) is 0 Å². The molecular formula is C14H12ClN3O3S. The van der Waals surface area contributed by atoms with E-state index in [1.165, 1.54) is 0 Å². The standard InChI is InChI=1S/C14H12ClN3O3S/c1-8-11(12(9(2)16-8)22(15,19)20)14-18-17-13(21-14)10-6-4-3-5-7-10/h3-7,16H,1-2H3. The second kappa shape index (κ2) is 5.26. The molecule has 6 nitrogen and oxygen atoms in total. The minimum atomic E-state index is -3.93. The monoisotopic (exact) mass is 337 g/mol. The quantitative estimate of drug-likeness (QED) is 0.741. The first-order chi connectivity index (χ1) is 10.4. The number of benzene rings is 1. The predicted molar refractivity (Wildman–Crippen MR) is 82.0 cm³/mol. The van der Waals surface area contributed by atoms with Crippen molar-refractivity contribution in [2.24, 2.45) is 0 Å². The van der Waals surface area contributed by atoms with Crippen LogP contribution in [0.15, 0.2) is 39.6 Å². The fourth-order valence-corrected chi connectivity index (χ4v) is 3.82. The summed E-state index contributed by atoms with van der Waals surface area (Å²) in [6, 6.07) is 9.22. The van der Waals surface area contributed by atoms with Crippen molar-refractivity contribution in [3.05, 3.63) is 41.7 Å². The summed E-state index contributed by atoms with van der Waals surface area (Å²) in [5, 5.41) is 7.92. The number of H-pyrrole nitrogens is 1. The van der Waals surface area contributed by atoms with Gasteiger partial charge in [-0.25, -0.2) is 8.42 Å². The van der Waals surface area contributed by atoms with Gasteiger partial charge in [-0.15, -0.1) is 10.2 Å². The van der Waals surface area contributed by atoms with E-state index in [0.29, 0.717) is 22.8 Å². The molecule has 0 saturated carbocycles. The Bertz CT molecular complexity index is 930. The lowest BCUT2D eigenvalue weighted by molar-refractivity contribution is 0.580. The van der Waals surface area contributed by atoms with E-state index in [1.54, 1.807) is 13.8 Å². The molecule has 114 valence electrons. The van der Waals surface area contributed by atoms with E-state index in [0.717, 1.165) is 5.56 Å². The summed E-state index contributed by atoms with van der Waals surface area (Å²) in [5.74, 6) is 0.423. The van der Waals surface area contributed by atoms with E-state index < -0.39 is 9.05 Å². The third kappa shape index (κ3) is 2.53. The molecule has 0 radical (unpaired) electrons. The van der Waals surface area contributed by atoms with Gasteiger partial charge in [0.25, 0.3) is 14.9 Å². The summed E-state index contributed by atoms with van der Waals surface area (Å²) < 4.78 is 29.2. The molecule has 0 aliphatic heterocycles. The highest BCUT2D eigenvalue weighted by atomic mass is 35.7. The van der Waals surface area contributed by atoms with Crippen LogP contribution in [0, 0.1) is 13.8 Å². The molecule has 0 bridgehead atoms. The Hall–Kier alpha value is -2.12. The molecule has 8 heteroatoms. The van der Waals surface area contributed by atoms with Gasteiger partial charge in [-0.2, -0.15) is 0 Å². The fourth-order valence-electron chi connectivity index (χ4n) is 2.34. The molecule has 0 spiro atoms. The summed E-state index contributed by atoms with van der Waals surface area (Å²) in [4.78, 5) is 2.91. The number of nitrogens with zero attached hydrogens (tertiary/aromatic N) is 2. The van der Waals surface area contributed by atoms with Crippen LogP contribution in [0.25, 0.3) is 22.9 Å². The van der Waals surface area contributed by atoms with Crippen molar-refractivity contribution in [1.29, 1.82) is 0 Å². The van der Waals surface area contributed by atoms with Crippen molar-refractivity contribution in [3.8, 4) is 22.9 Å². The molecule has 0 saturated heterocycles. The number of hydrogen-bond donors (Lipinski definition) is 1. The van der Waals surface area contributed by atoms with Crippen LogP contribution < -0.4 is 0 Å². The van der Waals surface area contributed by atoms with Gasteiger partial charge in [0.1, 0.15) is 4.90 Å². The number of hydrogen-bond acceptors (Lipinski definition) is 5. The molecular weight excluding hydrogens is 326 g/mol. The van der Waals surface area contributed by atoms with Crippen LogP contribution in [0.2, 0.25) is 0 Å². The Morgan fingerprint density at radius 1 is 1.05 bits per heavy atom. The topological polar surface area (TPSA) is 88.9 Å². The second-order valence-corrected chi connectivity index (χ2v) is 7.30. The first-order valence-electron chi connectivity index (χ1n) is 6.41. The lowest BCUT2D eigenvalue weighted by Gasteiger charge is -1.98. The van der Waals surface area contributed by atoms with Gasteiger partial charge in [0.2, 0.25) is 5.89 Å². The maximum absolute atomic E-state index is 11.8. The van der Waals surface area contributed by atoms with Gasteiger partial charge in [0.15, 0.2) is 0 Å². The van der Waals surface area contributed by atoms with Gasteiger partial charge in [0, 0.05) is 27.6 Å². The Morgan fingerprint density at radius 3 is 2.32 bits per heavy atom. The van der Waals surface area contributed by atoms with Gasteiger partial charge in [-0.3, -0.25) is 0 Å². The average molecular weight is 338 g/mol. The zero-order valence-corrected chi connectivity index (χ0v) is 13.4. The largest absolute Gasteiger partial charge is 0.416 e. The number of rotatable bonds is 3. The fraction of sp³-hybridized carbons (Fsp3) is 0.143. The van der Waals surface area contributed by atoms with Crippen molar-refractivity contribution in [2.45, 2.75) is 18.7 Å². The number of nitrogens with one attached hydrogen (secondary N) is 1. The van der Waals surface area contributed by atoms with E-state index in [4.69, 9.17) is 15.1 Å². The van der Waals surface area contributed by atoms with E-state index in [9.17, 15) is 8.42 Å². The molecule has 0 amide bonds. The first-order valence-corrected chi connectivity index (χ1v) is 8.72. The summed E-state index contributed by atoms with van der Waals surface area (Å²) in [6.07, 6.45) is 0. The number of aromatic nitrogens is 3. The molecule has 1 N–H and O–H groups in total. The minimum absolute atomic E-state index is 0.0325. The molecule has 3 rings (SSSR count). The molecule has 0 aliphatic carbocycles. The molecule has 0 unspecified atom stereocenters. The summed E-state index contributed by atoms with van der Waals surface area (Å²) in [7, 11) is 1.58. The molecule has 1 aromatic carbocycles. The highest BCUT2D eigenvalue weighted by Crippen LogP contribution is 2.35. The van der Waals surface area contributed by atoms with Crippen LogP contribution in [0.5, 0.6) is 0 Å². The smallest absolute Gasteiger partial charge is 0.263 e. The third-order valence-corrected chi connectivity index (χ3v) is 4.68. The maximum Gasteiger partial charge on any atom is 0.263 e. The molecule has 0 fully saturated rings. The highest BCUT2D eigenvalue weighted by molar-refractivity contribution is 8.13. The van der Waals surface area contributed by atoms with Crippen molar-refractivity contribution >= 4 is 19.7 Å². The summed E-state index contributed by atoms with van der Waals surface area (Å²) in [5.41, 5.74) is 2.09. The molecule has 3 aromatic rings. The Balaban J connectivity index is 2.16. The molecule has 2 aromatic heterocycles. The van der Waals surface area contributed by atoms with Crippen molar-refractivity contribution in [2.75, 3.05) is 0 Å². The number of aryl methyl sites for hydroxylation is 2. The predicted octanol–water partition coefficient (Wildman–Crippen LogP) is 3.28. The van der Waals surface area contributed by atoms with Gasteiger partial charge in [-0.1, -0.05) is 18.2 Å². The van der Waals surface area contributed by atoms with Crippen LogP contribution >= 0.6 is 10.7 Å². The van der Waals surface area contributed by atoms with Crippen LogP contribution in [0.1, 0.15) is 11.4 Å². The van der Waals surface area contributed by atoms with Crippen molar-refractivity contribution < 1.29 is 12.8 Å². The van der Waals surface area contributed by atoms with Gasteiger partial charge >= 0.3 is 0 Å². The molecule has 22 heavy (non-hydrogen) atoms. The highest BCUT2D eigenvalue weighted by Gasteiger charge is 2.27. The Morgan fingerprint density at radius 2 is 1.68 bits per heavy atom. The van der Waals surface area contributed by atoms with Crippen LogP contribution in [0.3, 0.4) is 0 Å².